The number of hydrogen-bond acceptors (Lipinski definition) is 5. The van der Waals surface area contributed by atoms with Gasteiger partial charge in [-0.2, -0.15) is 0 Å². The molecule has 2 aromatic heterocycles. The Balaban J connectivity index is 0.00000306. The standard InChI is InChI=1S/C24H25ClN4OS2.ClH/c1-2-18-4-9-21-22(16-18)32-24(27-21)29(13-3-12-28-14-11-26-17-28)23(30)10-15-31-20-7-5-19(25)6-8-20;/h4-9,11,14,16-17H,2-3,10,12-13,15H2,1H3;1H. The predicted molar refractivity (Wildman–Crippen MR) is 142 cm³/mol. The number of imidazole rings is 1. The van der Waals surface area contributed by atoms with Gasteiger partial charge in [-0.3, -0.25) is 9.69 Å². The highest BCUT2D eigenvalue weighted by Crippen LogP contribution is 2.31. The van der Waals surface area contributed by atoms with E-state index in [1.165, 1.54) is 5.56 Å². The molecular formula is C24H26Cl2N4OS2. The SMILES string of the molecule is CCc1ccc2nc(N(CCCn3ccnc3)C(=O)CCSc3ccc(Cl)cc3)sc2c1.Cl. The maximum Gasteiger partial charge on any atom is 0.229 e. The molecule has 0 aliphatic heterocycles. The van der Waals surface area contributed by atoms with Crippen molar-refractivity contribution in [1.29, 1.82) is 0 Å². The molecule has 0 atom stereocenters. The van der Waals surface area contributed by atoms with Gasteiger partial charge in [0, 0.05) is 47.6 Å². The minimum atomic E-state index is 0. The summed E-state index contributed by atoms with van der Waals surface area (Å²) in [5.41, 5.74) is 2.23. The van der Waals surface area contributed by atoms with Gasteiger partial charge in [0.05, 0.1) is 16.5 Å². The van der Waals surface area contributed by atoms with E-state index in [0.717, 1.165) is 44.7 Å². The lowest BCUT2D eigenvalue weighted by molar-refractivity contribution is -0.118. The van der Waals surface area contributed by atoms with E-state index in [-0.39, 0.29) is 18.3 Å². The minimum absolute atomic E-state index is 0. The molecule has 0 saturated heterocycles. The van der Waals surface area contributed by atoms with Gasteiger partial charge in [0.25, 0.3) is 0 Å². The van der Waals surface area contributed by atoms with Crippen molar-refractivity contribution in [3.05, 3.63) is 71.8 Å². The van der Waals surface area contributed by atoms with Gasteiger partial charge in [-0.25, -0.2) is 9.97 Å². The summed E-state index contributed by atoms with van der Waals surface area (Å²) in [6.45, 7) is 3.59. The van der Waals surface area contributed by atoms with Crippen LogP contribution in [0.3, 0.4) is 0 Å². The summed E-state index contributed by atoms with van der Waals surface area (Å²) >= 11 is 9.22. The van der Waals surface area contributed by atoms with Crippen molar-refractivity contribution in [2.24, 2.45) is 0 Å². The first-order chi connectivity index (χ1) is 15.6. The summed E-state index contributed by atoms with van der Waals surface area (Å²) < 4.78 is 3.16. The Labute approximate surface area is 213 Å². The van der Waals surface area contributed by atoms with Crippen LogP contribution in [0, 0.1) is 0 Å². The van der Waals surface area contributed by atoms with Gasteiger partial charge in [0.15, 0.2) is 5.13 Å². The lowest BCUT2D eigenvalue weighted by Gasteiger charge is -2.20. The van der Waals surface area contributed by atoms with Gasteiger partial charge >= 0.3 is 0 Å². The Hall–Kier alpha value is -2.06. The van der Waals surface area contributed by atoms with Crippen LogP contribution in [0.1, 0.15) is 25.3 Å². The van der Waals surface area contributed by atoms with Crippen LogP contribution in [0.25, 0.3) is 10.2 Å². The molecule has 0 aliphatic rings. The maximum atomic E-state index is 13.2. The highest BCUT2D eigenvalue weighted by atomic mass is 35.5. The van der Waals surface area contributed by atoms with Gasteiger partial charge in [-0.05, 0) is 54.8 Å². The third-order valence-electron chi connectivity index (χ3n) is 5.14. The van der Waals surface area contributed by atoms with E-state index in [9.17, 15) is 4.79 Å². The van der Waals surface area contributed by atoms with Crippen molar-refractivity contribution in [2.45, 2.75) is 37.6 Å². The molecular weight excluding hydrogens is 495 g/mol. The van der Waals surface area contributed by atoms with Gasteiger partial charge in [0.1, 0.15) is 0 Å². The highest BCUT2D eigenvalue weighted by molar-refractivity contribution is 7.99. The molecule has 2 heterocycles. The molecule has 0 N–H and O–H groups in total. The number of aryl methyl sites for hydroxylation is 2. The molecule has 4 aromatic rings. The first kappa shape index (κ1) is 25.6. The first-order valence-electron chi connectivity index (χ1n) is 10.7. The van der Waals surface area contributed by atoms with E-state index in [2.05, 4.69) is 30.1 Å². The number of benzene rings is 2. The Morgan fingerprint density at radius 1 is 1.21 bits per heavy atom. The van der Waals surface area contributed by atoms with E-state index < -0.39 is 0 Å². The largest absolute Gasteiger partial charge is 0.337 e. The molecule has 2 aromatic carbocycles. The first-order valence-corrected chi connectivity index (χ1v) is 12.8. The third kappa shape index (κ3) is 6.96. The minimum Gasteiger partial charge on any atom is -0.337 e. The fraction of sp³-hybridized carbons (Fsp3) is 0.292. The number of halogens is 2. The van der Waals surface area contributed by atoms with Crippen LogP contribution in [-0.2, 0) is 17.8 Å². The van der Waals surface area contributed by atoms with Crippen LogP contribution in [-0.4, -0.2) is 32.7 Å². The van der Waals surface area contributed by atoms with Crippen LogP contribution in [0.5, 0.6) is 0 Å². The monoisotopic (exact) mass is 520 g/mol. The zero-order valence-corrected chi connectivity index (χ0v) is 21.5. The number of rotatable bonds is 10. The zero-order valence-electron chi connectivity index (χ0n) is 18.3. The topological polar surface area (TPSA) is 51.0 Å². The number of thioether (sulfide) groups is 1. The number of aromatic nitrogens is 3. The zero-order chi connectivity index (χ0) is 22.3. The molecule has 4 rings (SSSR count). The lowest BCUT2D eigenvalue weighted by Crippen LogP contribution is -2.32. The van der Waals surface area contributed by atoms with Crippen molar-refractivity contribution < 1.29 is 4.79 Å². The maximum absolute atomic E-state index is 13.2. The Morgan fingerprint density at radius 3 is 2.76 bits per heavy atom. The summed E-state index contributed by atoms with van der Waals surface area (Å²) in [6.07, 6.45) is 7.79. The Morgan fingerprint density at radius 2 is 2.03 bits per heavy atom. The Kier molecular flexibility index (Phi) is 9.62. The number of thiazole rings is 1. The third-order valence-corrected chi connectivity index (χ3v) is 7.44. The molecule has 5 nitrogen and oxygen atoms in total. The van der Waals surface area contributed by atoms with E-state index in [4.69, 9.17) is 16.6 Å². The second kappa shape index (κ2) is 12.4. The number of nitrogens with zero attached hydrogens (tertiary/aromatic N) is 4. The van der Waals surface area contributed by atoms with E-state index >= 15 is 0 Å². The van der Waals surface area contributed by atoms with Crippen molar-refractivity contribution in [3.63, 3.8) is 0 Å². The van der Waals surface area contributed by atoms with Crippen LogP contribution in [0.15, 0.2) is 66.1 Å². The molecule has 0 saturated carbocycles. The fourth-order valence-electron chi connectivity index (χ4n) is 3.37. The quantitative estimate of drug-likeness (QED) is 0.217. The van der Waals surface area contributed by atoms with Crippen molar-refractivity contribution >= 4 is 68.4 Å². The molecule has 0 fully saturated rings. The van der Waals surface area contributed by atoms with Crippen LogP contribution in [0.4, 0.5) is 5.13 Å². The summed E-state index contributed by atoms with van der Waals surface area (Å²) in [7, 11) is 0. The molecule has 0 spiro atoms. The lowest BCUT2D eigenvalue weighted by atomic mass is 10.2. The van der Waals surface area contributed by atoms with Crippen molar-refractivity contribution in [3.8, 4) is 0 Å². The molecule has 174 valence electrons. The molecule has 0 radical (unpaired) electrons. The number of anilines is 1. The number of hydrogen-bond donors (Lipinski definition) is 0. The molecule has 0 aliphatic carbocycles. The average Bonchev–Trinajstić information content (AvgIpc) is 3.47. The Bertz CT molecular complexity index is 1160. The normalized spacial score (nSPS) is 10.8. The number of carbonyl (C=O) groups excluding carboxylic acids is 1. The summed E-state index contributed by atoms with van der Waals surface area (Å²) in [6, 6.07) is 14.1. The van der Waals surface area contributed by atoms with E-state index in [1.807, 2.05) is 39.9 Å². The summed E-state index contributed by atoms with van der Waals surface area (Å²) in [4.78, 5) is 25.1. The van der Waals surface area contributed by atoms with Gasteiger partial charge < -0.3 is 4.57 Å². The number of amides is 1. The van der Waals surface area contributed by atoms with E-state index in [0.29, 0.717) is 18.7 Å². The second-order valence-corrected chi connectivity index (χ2v) is 10.0. The molecule has 0 unspecified atom stereocenters. The molecule has 1 amide bonds. The van der Waals surface area contributed by atoms with Gasteiger partial charge in [0.2, 0.25) is 5.91 Å². The van der Waals surface area contributed by atoms with E-state index in [1.54, 1.807) is 35.6 Å². The fourth-order valence-corrected chi connectivity index (χ4v) is 5.41. The summed E-state index contributed by atoms with van der Waals surface area (Å²) in [5, 5.41) is 1.50. The molecule has 0 bridgehead atoms. The molecule has 33 heavy (non-hydrogen) atoms. The van der Waals surface area contributed by atoms with Crippen LogP contribution >= 0.6 is 47.1 Å². The highest BCUT2D eigenvalue weighted by Gasteiger charge is 2.19. The molecule has 9 heteroatoms. The van der Waals surface area contributed by atoms with Crippen LogP contribution < -0.4 is 4.90 Å². The van der Waals surface area contributed by atoms with Crippen molar-refractivity contribution in [1.82, 2.24) is 14.5 Å². The number of carbonyl (C=O) groups is 1. The van der Waals surface area contributed by atoms with Crippen LogP contribution in [0.2, 0.25) is 5.02 Å². The average molecular weight is 522 g/mol. The van der Waals surface area contributed by atoms with Gasteiger partial charge in [-0.15, -0.1) is 24.2 Å². The van der Waals surface area contributed by atoms with Crippen molar-refractivity contribution in [2.75, 3.05) is 17.2 Å². The number of fused-ring (bicyclic) bond motifs is 1. The van der Waals surface area contributed by atoms with Gasteiger partial charge in [-0.1, -0.05) is 35.9 Å². The predicted octanol–water partition coefficient (Wildman–Crippen LogP) is 6.74. The smallest absolute Gasteiger partial charge is 0.229 e. The second-order valence-electron chi connectivity index (χ2n) is 7.40. The summed E-state index contributed by atoms with van der Waals surface area (Å²) in [5.74, 6) is 0.815.